The highest BCUT2D eigenvalue weighted by Gasteiger charge is 2.63. The number of Topliss-reactive ketones (excluding diaryl/α,β-unsaturated/α-hetero) is 1. The standard InChI is InChI=1S/C33H43NO7/c1-17-8-9-18(2)30(41-31(38)27-19(3)34(6)25-11-10-21(40-7)14-22(25)27)33(39)15-26(36)23(13-20(16-35)29(33)37)28-24(12-17)32(28,4)5/h9-11,13-14,17,23-24,28-30,35,37,39H,8,12,15-16H2,1-7H3/b18-9-/t17-,23+,24+,28-,29+,30-,33-/m0/s1. The van der Waals surface area contributed by atoms with Crippen molar-refractivity contribution < 1.29 is 34.4 Å². The van der Waals surface area contributed by atoms with Gasteiger partial charge in [-0.15, -0.1) is 0 Å². The third kappa shape index (κ3) is 4.74. The van der Waals surface area contributed by atoms with E-state index in [1.54, 1.807) is 26.2 Å². The summed E-state index contributed by atoms with van der Waals surface area (Å²) >= 11 is 0. The van der Waals surface area contributed by atoms with Crippen LogP contribution in [0, 0.1) is 36.0 Å². The highest BCUT2D eigenvalue weighted by Crippen LogP contribution is 2.65. The number of esters is 1. The molecule has 0 spiro atoms. The van der Waals surface area contributed by atoms with Crippen LogP contribution in [0.4, 0.5) is 0 Å². The summed E-state index contributed by atoms with van der Waals surface area (Å²) in [6, 6.07) is 5.46. The van der Waals surface area contributed by atoms with Crippen LogP contribution in [0.3, 0.4) is 0 Å². The quantitative estimate of drug-likeness (QED) is 0.374. The summed E-state index contributed by atoms with van der Waals surface area (Å²) in [5.74, 6) is -0.178. The van der Waals surface area contributed by atoms with Crippen molar-refractivity contribution in [1.29, 1.82) is 0 Å². The number of methoxy groups -OCH3 is 1. The molecule has 41 heavy (non-hydrogen) atoms. The summed E-state index contributed by atoms with van der Waals surface area (Å²) in [6.07, 6.45) is 1.93. The number of fused-ring (bicyclic) bond motifs is 6. The number of aliphatic hydroxyl groups is 3. The zero-order valence-corrected chi connectivity index (χ0v) is 25.1. The average Bonchev–Trinajstić information content (AvgIpc) is 3.38. The minimum Gasteiger partial charge on any atom is -0.497 e. The maximum Gasteiger partial charge on any atom is 0.341 e. The van der Waals surface area contributed by atoms with Crippen molar-refractivity contribution in [3.05, 3.63) is 52.8 Å². The maximum atomic E-state index is 14.0. The van der Waals surface area contributed by atoms with Gasteiger partial charge >= 0.3 is 5.97 Å². The number of aliphatic hydroxyl groups excluding tert-OH is 2. The fourth-order valence-electron chi connectivity index (χ4n) is 7.57. The number of hydrogen-bond acceptors (Lipinski definition) is 7. The Hall–Kier alpha value is -2.94. The Kier molecular flexibility index (Phi) is 7.50. The van der Waals surface area contributed by atoms with Crippen LogP contribution in [-0.4, -0.2) is 63.2 Å². The predicted molar refractivity (Wildman–Crippen MR) is 156 cm³/mol. The number of benzene rings is 1. The summed E-state index contributed by atoms with van der Waals surface area (Å²) in [4.78, 5) is 27.9. The van der Waals surface area contributed by atoms with Gasteiger partial charge in [0.15, 0.2) is 6.10 Å². The SMILES string of the molecule is COc1ccc2c(c1)c(C(=O)O[C@H]1/C(C)=C\C[C@H](C)C[C@@H]3[C@H]([C@@H]4C=C(CO)[C@@H](O)[C@@]1(O)CC4=O)C3(C)C)c(C)n2C. The Balaban J connectivity index is 1.62. The molecule has 0 amide bonds. The number of allylic oxidation sites excluding steroid dienone is 2. The summed E-state index contributed by atoms with van der Waals surface area (Å²) in [6.45, 7) is 9.55. The molecule has 0 unspecified atom stereocenters. The molecule has 0 radical (unpaired) electrons. The van der Waals surface area contributed by atoms with Crippen molar-refractivity contribution in [3.8, 4) is 5.75 Å². The van der Waals surface area contributed by atoms with Crippen LogP contribution in [0.5, 0.6) is 5.75 Å². The van der Waals surface area contributed by atoms with E-state index in [2.05, 4.69) is 20.8 Å². The Morgan fingerprint density at radius 3 is 2.59 bits per heavy atom. The lowest BCUT2D eigenvalue weighted by molar-refractivity contribution is -0.148. The van der Waals surface area contributed by atoms with Gasteiger partial charge in [0.25, 0.3) is 0 Å². The number of aromatic nitrogens is 1. The lowest BCUT2D eigenvalue weighted by atomic mass is 9.79. The minimum atomic E-state index is -2.16. The molecule has 3 N–H and O–H groups in total. The number of ketones is 1. The molecule has 5 rings (SSSR count). The lowest BCUT2D eigenvalue weighted by Crippen LogP contribution is -2.56. The van der Waals surface area contributed by atoms with Crippen LogP contribution in [0.15, 0.2) is 41.5 Å². The zero-order chi connectivity index (χ0) is 30.0. The molecule has 0 saturated heterocycles. The minimum absolute atomic E-state index is 0.0485. The first kappa shape index (κ1) is 29.5. The molecular formula is C33H43NO7. The van der Waals surface area contributed by atoms with Gasteiger partial charge in [0, 0.05) is 36.0 Å². The Morgan fingerprint density at radius 2 is 1.93 bits per heavy atom. The molecule has 0 aliphatic heterocycles. The number of carbonyl (C=O) groups excluding carboxylic acids is 2. The van der Waals surface area contributed by atoms with Crippen LogP contribution in [0.25, 0.3) is 10.9 Å². The van der Waals surface area contributed by atoms with E-state index in [-0.39, 0.29) is 22.7 Å². The van der Waals surface area contributed by atoms with Crippen molar-refractivity contribution in [2.75, 3.05) is 13.7 Å². The molecule has 2 aromatic rings. The monoisotopic (exact) mass is 565 g/mol. The van der Waals surface area contributed by atoms with Crippen molar-refractivity contribution in [2.24, 2.45) is 36.1 Å². The molecule has 222 valence electrons. The van der Waals surface area contributed by atoms with Crippen molar-refractivity contribution in [3.63, 3.8) is 0 Å². The molecular weight excluding hydrogens is 522 g/mol. The molecule has 7 atom stereocenters. The third-order valence-electron chi connectivity index (χ3n) is 10.3. The first-order valence-electron chi connectivity index (χ1n) is 14.5. The Bertz CT molecular complexity index is 1450. The van der Waals surface area contributed by atoms with Crippen LogP contribution >= 0.6 is 0 Å². The van der Waals surface area contributed by atoms with Crippen LogP contribution in [0.2, 0.25) is 0 Å². The van der Waals surface area contributed by atoms with E-state index in [1.807, 2.05) is 36.7 Å². The average molecular weight is 566 g/mol. The van der Waals surface area contributed by atoms with E-state index in [1.165, 1.54) is 0 Å². The van der Waals surface area contributed by atoms with Gasteiger partial charge in [0.05, 0.1) is 19.3 Å². The second-order valence-electron chi connectivity index (χ2n) is 13.1. The topological polar surface area (TPSA) is 118 Å². The van der Waals surface area contributed by atoms with Gasteiger partial charge < -0.3 is 29.4 Å². The number of aryl methyl sites for hydroxylation is 1. The first-order chi connectivity index (χ1) is 19.3. The molecule has 8 nitrogen and oxygen atoms in total. The zero-order valence-electron chi connectivity index (χ0n) is 25.1. The van der Waals surface area contributed by atoms with E-state index in [4.69, 9.17) is 9.47 Å². The van der Waals surface area contributed by atoms with Crippen LogP contribution in [-0.2, 0) is 16.6 Å². The van der Waals surface area contributed by atoms with Crippen LogP contribution in [0.1, 0.15) is 63.0 Å². The number of ether oxygens (including phenoxy) is 2. The summed E-state index contributed by atoms with van der Waals surface area (Å²) in [7, 11) is 3.41. The van der Waals surface area contributed by atoms with Gasteiger partial charge in [-0.05, 0) is 79.2 Å². The van der Waals surface area contributed by atoms with Crippen molar-refractivity contribution in [2.45, 2.75) is 71.7 Å². The Morgan fingerprint density at radius 1 is 1.22 bits per heavy atom. The lowest BCUT2D eigenvalue weighted by Gasteiger charge is -2.39. The highest BCUT2D eigenvalue weighted by atomic mass is 16.6. The number of hydrogen-bond donors (Lipinski definition) is 3. The molecule has 1 fully saturated rings. The fourth-order valence-corrected chi connectivity index (χ4v) is 7.57. The van der Waals surface area contributed by atoms with Gasteiger partial charge in [0.1, 0.15) is 23.2 Å². The molecule has 3 aliphatic rings. The molecule has 1 heterocycles. The van der Waals surface area contributed by atoms with Gasteiger partial charge in [-0.2, -0.15) is 0 Å². The molecule has 8 heteroatoms. The second kappa shape index (κ2) is 10.4. The summed E-state index contributed by atoms with van der Waals surface area (Å²) in [5.41, 5.74) is 0.298. The highest BCUT2D eigenvalue weighted by molar-refractivity contribution is 6.06. The maximum absolute atomic E-state index is 14.0. The largest absolute Gasteiger partial charge is 0.497 e. The van der Waals surface area contributed by atoms with Crippen LogP contribution < -0.4 is 4.74 Å². The number of rotatable bonds is 4. The van der Waals surface area contributed by atoms with Gasteiger partial charge in [-0.25, -0.2) is 4.79 Å². The molecule has 2 bridgehead atoms. The normalized spacial score (nSPS) is 34.4. The van der Waals surface area contributed by atoms with E-state index in [0.717, 1.165) is 11.9 Å². The van der Waals surface area contributed by atoms with Gasteiger partial charge in [-0.1, -0.05) is 32.9 Å². The molecule has 1 saturated carbocycles. The second-order valence-corrected chi connectivity index (χ2v) is 13.1. The summed E-state index contributed by atoms with van der Waals surface area (Å²) < 4.78 is 13.4. The predicted octanol–water partition coefficient (Wildman–Crippen LogP) is 4.27. The van der Waals surface area contributed by atoms with Crippen molar-refractivity contribution in [1.82, 2.24) is 4.57 Å². The molecule has 3 aliphatic carbocycles. The Labute approximate surface area is 241 Å². The number of carbonyl (C=O) groups is 2. The fraction of sp³-hybridized carbons (Fsp3) is 0.576. The molecule has 1 aromatic heterocycles. The van der Waals surface area contributed by atoms with E-state index < -0.39 is 42.7 Å². The summed E-state index contributed by atoms with van der Waals surface area (Å²) in [5, 5.41) is 34.7. The number of nitrogens with zero attached hydrogens (tertiary/aromatic N) is 1. The molecule has 1 aromatic carbocycles. The van der Waals surface area contributed by atoms with Crippen molar-refractivity contribution >= 4 is 22.7 Å². The van der Waals surface area contributed by atoms with E-state index in [0.29, 0.717) is 46.2 Å². The van der Waals surface area contributed by atoms with E-state index >= 15 is 0 Å². The third-order valence-corrected chi connectivity index (χ3v) is 10.3. The van der Waals surface area contributed by atoms with Gasteiger partial charge in [-0.3, -0.25) is 4.79 Å². The first-order valence-corrected chi connectivity index (χ1v) is 14.5. The van der Waals surface area contributed by atoms with Gasteiger partial charge in [0.2, 0.25) is 0 Å². The van der Waals surface area contributed by atoms with E-state index in [9.17, 15) is 24.9 Å². The smallest absolute Gasteiger partial charge is 0.341 e.